The SMILES string of the molecule is CC1(C)c2ccccc2-c2c(-c3ccccc3N(c3ccccc3)c3ccc(-c4ccc5c(c4)-c4ccccc4C54c5ccccc5-c5ccccc54)cc3)cccc21. The number of hydrogen-bond acceptors (Lipinski definition) is 1. The lowest BCUT2D eigenvalue weighted by atomic mass is 9.70. The van der Waals surface area contributed by atoms with Gasteiger partial charge in [0.15, 0.2) is 0 Å². The fraction of sp³-hybridized carbons (Fsp3) is 0.0690. The highest BCUT2D eigenvalue weighted by Crippen LogP contribution is 2.63. The Kier molecular flexibility index (Phi) is 7.26. The van der Waals surface area contributed by atoms with Crippen molar-refractivity contribution in [1.82, 2.24) is 0 Å². The highest BCUT2D eigenvalue weighted by Gasteiger charge is 2.51. The molecule has 0 saturated heterocycles. The molecular weight excluding hydrogens is 711 g/mol. The lowest BCUT2D eigenvalue weighted by Gasteiger charge is -2.30. The number of fused-ring (bicyclic) bond motifs is 13. The standard InChI is InChI=1S/C58H41N/c1-57(2)49-25-11-9-23-47(49)56-46(24-16-29-54(56)57)45-22-10-15-30-55(45)59(40-17-4-3-5-18-40)41-34-31-38(32-35-41)39-33-36-53-48(37-39)44-21-8-14-28-52(44)58(53)50-26-12-6-19-42(50)43-20-7-13-27-51(43)58/h3-37H,1-2H3. The monoisotopic (exact) mass is 751 g/mol. The molecule has 3 aliphatic carbocycles. The van der Waals surface area contributed by atoms with Gasteiger partial charge >= 0.3 is 0 Å². The topological polar surface area (TPSA) is 3.24 Å². The van der Waals surface area contributed by atoms with E-state index in [0.717, 1.165) is 17.1 Å². The van der Waals surface area contributed by atoms with Crippen LogP contribution in [-0.4, -0.2) is 0 Å². The van der Waals surface area contributed by atoms with E-state index in [0.29, 0.717) is 0 Å². The molecule has 0 heterocycles. The Morgan fingerprint density at radius 1 is 0.305 bits per heavy atom. The number of hydrogen-bond donors (Lipinski definition) is 0. The minimum atomic E-state index is -0.332. The average Bonchev–Trinajstić information content (AvgIpc) is 3.86. The molecule has 0 bridgehead atoms. The largest absolute Gasteiger partial charge is 0.310 e. The third-order valence-electron chi connectivity index (χ3n) is 13.5. The molecule has 1 nitrogen and oxygen atoms in total. The summed E-state index contributed by atoms with van der Waals surface area (Å²) in [7, 11) is 0. The van der Waals surface area contributed by atoms with E-state index >= 15 is 0 Å². The van der Waals surface area contributed by atoms with Crippen molar-refractivity contribution < 1.29 is 0 Å². The lowest BCUT2D eigenvalue weighted by Crippen LogP contribution is -2.25. The van der Waals surface area contributed by atoms with Gasteiger partial charge in [-0.1, -0.05) is 190 Å². The van der Waals surface area contributed by atoms with Crippen LogP contribution in [0.3, 0.4) is 0 Å². The van der Waals surface area contributed by atoms with Gasteiger partial charge in [-0.3, -0.25) is 0 Å². The molecule has 0 fully saturated rings. The fourth-order valence-electron chi connectivity index (χ4n) is 11.0. The fourth-order valence-corrected chi connectivity index (χ4v) is 11.0. The second-order valence-electron chi connectivity index (χ2n) is 16.8. The van der Waals surface area contributed by atoms with Crippen molar-refractivity contribution >= 4 is 17.1 Å². The zero-order chi connectivity index (χ0) is 39.3. The van der Waals surface area contributed by atoms with Crippen LogP contribution in [0.5, 0.6) is 0 Å². The summed E-state index contributed by atoms with van der Waals surface area (Å²) in [6.45, 7) is 4.71. The van der Waals surface area contributed by atoms with Gasteiger partial charge in [-0.25, -0.2) is 0 Å². The molecule has 3 aliphatic rings. The van der Waals surface area contributed by atoms with Crippen molar-refractivity contribution in [2.45, 2.75) is 24.7 Å². The molecule has 59 heavy (non-hydrogen) atoms. The van der Waals surface area contributed by atoms with Crippen LogP contribution in [0.4, 0.5) is 17.1 Å². The smallest absolute Gasteiger partial charge is 0.0725 e. The van der Waals surface area contributed by atoms with Crippen molar-refractivity contribution in [1.29, 1.82) is 0 Å². The van der Waals surface area contributed by atoms with Gasteiger partial charge in [0.25, 0.3) is 0 Å². The molecule has 1 heteroatoms. The van der Waals surface area contributed by atoms with Gasteiger partial charge in [-0.05, 0) is 120 Å². The number of nitrogens with zero attached hydrogens (tertiary/aromatic N) is 1. The zero-order valence-electron chi connectivity index (χ0n) is 33.2. The van der Waals surface area contributed by atoms with Gasteiger partial charge in [0.2, 0.25) is 0 Å². The Balaban J connectivity index is 0.982. The third-order valence-corrected chi connectivity index (χ3v) is 13.5. The Bertz CT molecular complexity index is 3090. The number of para-hydroxylation sites is 2. The molecule has 0 amide bonds. The first-order valence-corrected chi connectivity index (χ1v) is 20.8. The third kappa shape index (κ3) is 4.67. The molecular formula is C58H41N. The number of anilines is 3. The van der Waals surface area contributed by atoms with Crippen LogP contribution < -0.4 is 4.90 Å². The first kappa shape index (κ1) is 33.9. The van der Waals surface area contributed by atoms with Crippen LogP contribution in [0.2, 0.25) is 0 Å². The maximum atomic E-state index is 2.43. The van der Waals surface area contributed by atoms with Gasteiger partial charge in [-0.15, -0.1) is 0 Å². The van der Waals surface area contributed by atoms with E-state index in [4.69, 9.17) is 0 Å². The molecule has 0 saturated carbocycles. The summed E-state index contributed by atoms with van der Waals surface area (Å²) < 4.78 is 0. The summed E-state index contributed by atoms with van der Waals surface area (Å²) in [6.07, 6.45) is 0. The molecule has 0 radical (unpaired) electrons. The Hall–Kier alpha value is -7.22. The van der Waals surface area contributed by atoms with Gasteiger partial charge in [0.1, 0.15) is 0 Å². The molecule has 12 rings (SSSR count). The zero-order valence-corrected chi connectivity index (χ0v) is 33.2. The first-order valence-electron chi connectivity index (χ1n) is 20.8. The van der Waals surface area contributed by atoms with Crippen LogP contribution in [0.25, 0.3) is 55.6 Å². The summed E-state index contributed by atoms with van der Waals surface area (Å²) >= 11 is 0. The maximum Gasteiger partial charge on any atom is 0.0725 e. The lowest BCUT2D eigenvalue weighted by molar-refractivity contribution is 0.660. The second kappa shape index (κ2) is 12.6. The molecule has 9 aromatic carbocycles. The average molecular weight is 752 g/mol. The minimum absolute atomic E-state index is 0.0713. The van der Waals surface area contributed by atoms with E-state index < -0.39 is 0 Å². The first-order chi connectivity index (χ1) is 29.0. The van der Waals surface area contributed by atoms with Gasteiger partial charge in [0, 0.05) is 22.4 Å². The van der Waals surface area contributed by atoms with Gasteiger partial charge < -0.3 is 4.90 Å². The minimum Gasteiger partial charge on any atom is -0.310 e. The highest BCUT2D eigenvalue weighted by atomic mass is 15.1. The van der Waals surface area contributed by atoms with Crippen LogP contribution in [0, 0.1) is 0 Å². The summed E-state index contributed by atoms with van der Waals surface area (Å²) in [5, 5.41) is 0. The summed E-state index contributed by atoms with van der Waals surface area (Å²) in [5.74, 6) is 0. The van der Waals surface area contributed by atoms with Crippen LogP contribution >= 0.6 is 0 Å². The van der Waals surface area contributed by atoms with E-state index in [2.05, 4.69) is 231 Å². The molecule has 0 aliphatic heterocycles. The predicted molar refractivity (Wildman–Crippen MR) is 246 cm³/mol. The van der Waals surface area contributed by atoms with Crippen LogP contribution in [0.1, 0.15) is 47.2 Å². The molecule has 0 aromatic heterocycles. The quantitative estimate of drug-likeness (QED) is 0.169. The van der Waals surface area contributed by atoms with E-state index in [9.17, 15) is 0 Å². The van der Waals surface area contributed by atoms with Crippen molar-refractivity contribution in [3.63, 3.8) is 0 Å². The van der Waals surface area contributed by atoms with Crippen LogP contribution in [0.15, 0.2) is 212 Å². The van der Waals surface area contributed by atoms with Crippen molar-refractivity contribution in [2.75, 3.05) is 4.90 Å². The summed E-state index contributed by atoms with van der Waals surface area (Å²) in [5.41, 5.74) is 24.1. The Labute approximate surface area is 346 Å². The van der Waals surface area contributed by atoms with E-state index in [1.165, 1.54) is 89.0 Å². The highest BCUT2D eigenvalue weighted by molar-refractivity contribution is 5.99. The van der Waals surface area contributed by atoms with Crippen LogP contribution in [-0.2, 0) is 10.8 Å². The maximum absolute atomic E-state index is 2.43. The molecule has 0 unspecified atom stereocenters. The van der Waals surface area contributed by atoms with Gasteiger partial charge in [-0.2, -0.15) is 0 Å². The number of rotatable bonds is 5. The van der Waals surface area contributed by atoms with Crippen molar-refractivity contribution in [2.24, 2.45) is 0 Å². The molecule has 9 aromatic rings. The molecule has 278 valence electrons. The predicted octanol–water partition coefficient (Wildman–Crippen LogP) is 15.1. The van der Waals surface area contributed by atoms with Crippen molar-refractivity contribution in [3.05, 3.63) is 246 Å². The van der Waals surface area contributed by atoms with E-state index in [1.54, 1.807) is 0 Å². The Morgan fingerprint density at radius 2 is 0.763 bits per heavy atom. The van der Waals surface area contributed by atoms with E-state index in [-0.39, 0.29) is 10.8 Å². The molecule has 0 atom stereocenters. The summed E-state index contributed by atoms with van der Waals surface area (Å²) in [6, 6.07) is 78.9. The normalized spacial score (nSPS) is 14.2. The number of benzene rings is 9. The molecule has 0 N–H and O–H groups in total. The van der Waals surface area contributed by atoms with Crippen molar-refractivity contribution in [3.8, 4) is 55.6 Å². The van der Waals surface area contributed by atoms with Gasteiger partial charge in [0.05, 0.1) is 11.1 Å². The Morgan fingerprint density at radius 3 is 1.42 bits per heavy atom. The second-order valence-corrected chi connectivity index (χ2v) is 16.8. The summed E-state index contributed by atoms with van der Waals surface area (Å²) in [4.78, 5) is 2.42. The molecule has 1 spiro atoms. The van der Waals surface area contributed by atoms with E-state index in [1.807, 2.05) is 0 Å².